The van der Waals surface area contributed by atoms with Crippen molar-refractivity contribution in [1.29, 1.82) is 0 Å². The Labute approximate surface area is 172 Å². The molecule has 6 nitrogen and oxygen atoms in total. The molecule has 1 N–H and O–H groups in total. The van der Waals surface area contributed by atoms with E-state index in [1.165, 1.54) is 24.0 Å². The second kappa shape index (κ2) is 7.79. The lowest BCUT2D eigenvalue weighted by molar-refractivity contribution is -0.114. The highest BCUT2D eigenvalue weighted by atomic mass is 19.1. The molecule has 0 aliphatic rings. The highest BCUT2D eigenvalue weighted by Gasteiger charge is 2.16. The summed E-state index contributed by atoms with van der Waals surface area (Å²) in [4.78, 5) is 25.6. The van der Waals surface area contributed by atoms with Crippen LogP contribution in [0.25, 0.3) is 16.6 Å². The van der Waals surface area contributed by atoms with Gasteiger partial charge < -0.3 is 10.2 Å². The third-order valence-electron chi connectivity index (χ3n) is 4.78. The van der Waals surface area contributed by atoms with Crippen LogP contribution in [0.2, 0.25) is 0 Å². The number of carbonyl (C=O) groups excluding carboxylic acids is 2. The summed E-state index contributed by atoms with van der Waals surface area (Å²) in [6.07, 6.45) is 3.45. The van der Waals surface area contributed by atoms with Crippen LogP contribution in [0.15, 0.2) is 73.1 Å². The van der Waals surface area contributed by atoms with Gasteiger partial charge in [-0.05, 0) is 48.0 Å². The van der Waals surface area contributed by atoms with Crippen molar-refractivity contribution >= 4 is 28.7 Å². The van der Waals surface area contributed by atoms with Crippen LogP contribution in [0.1, 0.15) is 17.3 Å². The van der Waals surface area contributed by atoms with Crippen molar-refractivity contribution in [2.24, 2.45) is 0 Å². The van der Waals surface area contributed by atoms with Crippen LogP contribution in [0.4, 0.5) is 15.8 Å². The maximum absolute atomic E-state index is 13.5. The summed E-state index contributed by atoms with van der Waals surface area (Å²) in [6.45, 7) is 1.46. The number of halogens is 1. The van der Waals surface area contributed by atoms with Gasteiger partial charge in [-0.3, -0.25) is 9.59 Å². The summed E-state index contributed by atoms with van der Waals surface area (Å²) in [5, 5.41) is 7.09. The summed E-state index contributed by atoms with van der Waals surface area (Å²) in [7, 11) is 1.61. The van der Waals surface area contributed by atoms with E-state index in [0.29, 0.717) is 16.9 Å². The molecule has 0 aliphatic carbocycles. The molecule has 0 spiro atoms. The minimum Gasteiger partial charge on any atom is -0.326 e. The Hall–Kier alpha value is -4.00. The van der Waals surface area contributed by atoms with Crippen molar-refractivity contribution in [3.8, 4) is 11.1 Å². The summed E-state index contributed by atoms with van der Waals surface area (Å²) in [5.74, 6) is -0.788. The number of pyridine rings is 1. The predicted molar refractivity (Wildman–Crippen MR) is 114 cm³/mol. The van der Waals surface area contributed by atoms with E-state index in [1.807, 2.05) is 24.3 Å². The molecule has 0 saturated heterocycles. The molecule has 0 saturated carbocycles. The summed E-state index contributed by atoms with van der Waals surface area (Å²) in [6, 6.07) is 16.7. The maximum Gasteiger partial charge on any atom is 0.258 e. The minimum absolute atomic E-state index is 0.135. The second-order valence-corrected chi connectivity index (χ2v) is 6.91. The number of hydrogen-bond donors (Lipinski definition) is 1. The van der Waals surface area contributed by atoms with Crippen LogP contribution in [-0.4, -0.2) is 28.5 Å². The first kappa shape index (κ1) is 19.3. The molecule has 0 radical (unpaired) electrons. The second-order valence-electron chi connectivity index (χ2n) is 6.91. The number of hydrogen-bond acceptors (Lipinski definition) is 3. The maximum atomic E-state index is 13.5. The molecule has 4 aromatic rings. The fraction of sp³-hybridized carbons (Fsp3) is 0.0870. The number of nitrogens with zero attached hydrogens (tertiary/aromatic N) is 3. The smallest absolute Gasteiger partial charge is 0.258 e. The van der Waals surface area contributed by atoms with E-state index in [1.54, 1.807) is 48.2 Å². The third kappa shape index (κ3) is 3.77. The molecule has 2 aromatic carbocycles. The van der Waals surface area contributed by atoms with Crippen molar-refractivity contribution in [1.82, 2.24) is 9.61 Å². The first-order chi connectivity index (χ1) is 14.4. The number of fused-ring (bicyclic) bond motifs is 1. The first-order valence-electron chi connectivity index (χ1n) is 9.31. The molecule has 30 heavy (non-hydrogen) atoms. The van der Waals surface area contributed by atoms with Gasteiger partial charge in [-0.2, -0.15) is 5.10 Å². The van der Waals surface area contributed by atoms with Gasteiger partial charge in [-0.25, -0.2) is 8.91 Å². The molecule has 0 unspecified atom stereocenters. The number of benzene rings is 2. The molecule has 0 fully saturated rings. The zero-order valence-corrected chi connectivity index (χ0v) is 16.5. The Bertz CT molecular complexity index is 1250. The van der Waals surface area contributed by atoms with Crippen molar-refractivity contribution in [3.05, 3.63) is 84.4 Å². The average molecular weight is 402 g/mol. The fourth-order valence-corrected chi connectivity index (χ4v) is 3.27. The lowest BCUT2D eigenvalue weighted by Gasteiger charge is -2.17. The van der Waals surface area contributed by atoms with Crippen molar-refractivity contribution in [3.63, 3.8) is 0 Å². The Balaban J connectivity index is 1.67. The summed E-state index contributed by atoms with van der Waals surface area (Å²) >= 11 is 0. The Morgan fingerprint density at radius 3 is 2.53 bits per heavy atom. The van der Waals surface area contributed by atoms with Gasteiger partial charge in [0.2, 0.25) is 5.91 Å². The number of amides is 2. The predicted octanol–water partition coefficient (Wildman–Crippen LogP) is 4.38. The number of aromatic nitrogens is 2. The van der Waals surface area contributed by atoms with Crippen LogP contribution in [0, 0.1) is 5.82 Å². The quantitative estimate of drug-likeness (QED) is 0.551. The van der Waals surface area contributed by atoms with Crippen LogP contribution in [0.3, 0.4) is 0 Å². The number of anilines is 2. The molecule has 4 rings (SSSR count). The highest BCUT2D eigenvalue weighted by molar-refractivity contribution is 6.06. The molecule has 2 heterocycles. The summed E-state index contributed by atoms with van der Waals surface area (Å²) < 4.78 is 15.2. The lowest BCUT2D eigenvalue weighted by Crippen LogP contribution is -2.26. The lowest BCUT2D eigenvalue weighted by atomic mass is 10.1. The monoisotopic (exact) mass is 402 g/mol. The Morgan fingerprint density at radius 1 is 1.07 bits per heavy atom. The molecule has 0 atom stereocenters. The van der Waals surface area contributed by atoms with E-state index in [-0.39, 0.29) is 11.8 Å². The number of carbonyl (C=O) groups is 2. The zero-order valence-electron chi connectivity index (χ0n) is 16.5. The molecule has 2 amide bonds. The zero-order chi connectivity index (χ0) is 21.3. The van der Waals surface area contributed by atoms with E-state index >= 15 is 0 Å². The summed E-state index contributed by atoms with van der Waals surface area (Å²) in [5.41, 5.74) is 4.17. The van der Waals surface area contributed by atoms with E-state index in [0.717, 1.165) is 16.6 Å². The van der Waals surface area contributed by atoms with Gasteiger partial charge in [0.15, 0.2) is 0 Å². The van der Waals surface area contributed by atoms with Gasteiger partial charge in [0.1, 0.15) is 5.82 Å². The first-order valence-corrected chi connectivity index (χ1v) is 9.31. The SMILES string of the molecule is CC(=O)Nc1ccc(-c2cnn3ccc(C(=O)N(C)c4cccc(F)c4)cc23)cc1. The van der Waals surface area contributed by atoms with E-state index in [9.17, 15) is 14.0 Å². The van der Waals surface area contributed by atoms with Crippen LogP contribution in [0.5, 0.6) is 0 Å². The van der Waals surface area contributed by atoms with Gasteiger partial charge in [-0.1, -0.05) is 18.2 Å². The van der Waals surface area contributed by atoms with Crippen LogP contribution < -0.4 is 10.2 Å². The molecular formula is C23H19FN4O2. The minimum atomic E-state index is -0.400. The van der Waals surface area contributed by atoms with Crippen molar-refractivity contribution < 1.29 is 14.0 Å². The standard InChI is InChI=1S/C23H19FN4O2/c1-15(29)26-19-8-6-16(7-9-19)21-14-25-28-11-10-17(12-22(21)28)23(30)27(2)20-5-3-4-18(24)13-20/h3-14H,1-2H3,(H,26,29). The van der Waals surface area contributed by atoms with Crippen molar-refractivity contribution in [2.75, 3.05) is 17.3 Å². The fourth-order valence-electron chi connectivity index (χ4n) is 3.27. The Morgan fingerprint density at radius 2 is 1.83 bits per heavy atom. The van der Waals surface area contributed by atoms with E-state index in [2.05, 4.69) is 10.4 Å². The van der Waals surface area contributed by atoms with Crippen molar-refractivity contribution in [2.45, 2.75) is 6.92 Å². The van der Waals surface area contributed by atoms with Gasteiger partial charge >= 0.3 is 0 Å². The van der Waals surface area contributed by atoms with Gasteiger partial charge in [0, 0.05) is 42.7 Å². The largest absolute Gasteiger partial charge is 0.326 e. The molecule has 2 aromatic heterocycles. The molecule has 150 valence electrons. The topological polar surface area (TPSA) is 66.7 Å². The van der Waals surface area contributed by atoms with Gasteiger partial charge in [0.25, 0.3) is 5.91 Å². The molecule has 0 bridgehead atoms. The average Bonchev–Trinajstić information content (AvgIpc) is 3.16. The van der Waals surface area contributed by atoms with Gasteiger partial charge in [-0.15, -0.1) is 0 Å². The number of nitrogens with one attached hydrogen (secondary N) is 1. The van der Waals surface area contributed by atoms with Crippen LogP contribution >= 0.6 is 0 Å². The third-order valence-corrected chi connectivity index (χ3v) is 4.78. The van der Waals surface area contributed by atoms with Crippen LogP contribution in [-0.2, 0) is 4.79 Å². The van der Waals surface area contributed by atoms with E-state index in [4.69, 9.17) is 0 Å². The van der Waals surface area contributed by atoms with E-state index < -0.39 is 5.82 Å². The van der Waals surface area contributed by atoms with Gasteiger partial charge in [0.05, 0.1) is 11.7 Å². The normalized spacial score (nSPS) is 10.8. The highest BCUT2D eigenvalue weighted by Crippen LogP contribution is 2.27. The molecular weight excluding hydrogens is 383 g/mol. The Kier molecular flexibility index (Phi) is 5.02. The molecule has 7 heteroatoms. The molecule has 0 aliphatic heterocycles. The number of rotatable bonds is 4.